The first kappa shape index (κ1) is 19.7. The first-order chi connectivity index (χ1) is 14.4. The maximum absolute atomic E-state index is 13.2. The normalized spacial score (nSPS) is 15.5. The Morgan fingerprint density at radius 3 is 2.33 bits per heavy atom. The number of aliphatic carboxylic acids is 2. The molecule has 0 radical (unpaired) electrons. The molecule has 1 heterocycles. The summed E-state index contributed by atoms with van der Waals surface area (Å²) < 4.78 is 0. The van der Waals surface area contributed by atoms with Gasteiger partial charge in [-0.25, -0.2) is 4.79 Å². The van der Waals surface area contributed by atoms with E-state index in [4.69, 9.17) is 0 Å². The number of hydrogen-bond donors (Lipinski definition) is 3. The van der Waals surface area contributed by atoms with Crippen LogP contribution < -0.4 is 10.4 Å². The molecule has 0 bridgehead atoms. The number of benzene rings is 2. The number of rotatable bonds is 7. The van der Waals surface area contributed by atoms with Crippen LogP contribution in [0, 0.1) is 5.41 Å². The number of carboxylic acid groups (broad SMARTS) is 2. The average molecular weight is 405 g/mol. The molecule has 1 aromatic heterocycles. The highest BCUT2D eigenvalue weighted by Gasteiger charge is 2.44. The van der Waals surface area contributed by atoms with Gasteiger partial charge in [0.05, 0.1) is 5.41 Å². The predicted octanol–water partition coefficient (Wildman–Crippen LogP) is 1.21. The summed E-state index contributed by atoms with van der Waals surface area (Å²) in [5.41, 5.74) is 2.19. The second kappa shape index (κ2) is 7.67. The lowest BCUT2D eigenvalue weighted by Crippen LogP contribution is -2.51. The van der Waals surface area contributed by atoms with Crippen molar-refractivity contribution >= 4 is 28.7 Å². The van der Waals surface area contributed by atoms with E-state index < -0.39 is 35.7 Å². The number of carbonyl (C=O) groups is 3. The van der Waals surface area contributed by atoms with Gasteiger partial charge in [-0.05, 0) is 35.6 Å². The van der Waals surface area contributed by atoms with E-state index in [0.717, 1.165) is 27.6 Å². The van der Waals surface area contributed by atoms with Crippen LogP contribution in [0.1, 0.15) is 23.1 Å². The third-order valence-corrected chi connectivity index (χ3v) is 5.84. The number of nitrogens with one attached hydrogen (secondary N) is 2. The highest BCUT2D eigenvalue weighted by Crippen LogP contribution is 2.40. The van der Waals surface area contributed by atoms with Gasteiger partial charge in [-0.15, -0.1) is 0 Å². The van der Waals surface area contributed by atoms with Crippen molar-refractivity contribution < 1.29 is 24.6 Å². The molecular formula is C23H21N2O5-. The van der Waals surface area contributed by atoms with Crippen molar-refractivity contribution in [1.29, 1.82) is 0 Å². The van der Waals surface area contributed by atoms with Crippen molar-refractivity contribution in [3.63, 3.8) is 0 Å². The van der Waals surface area contributed by atoms with Gasteiger partial charge in [0.15, 0.2) is 0 Å². The van der Waals surface area contributed by atoms with E-state index in [-0.39, 0.29) is 19.3 Å². The van der Waals surface area contributed by atoms with Gasteiger partial charge in [-0.2, -0.15) is 0 Å². The van der Waals surface area contributed by atoms with E-state index in [1.54, 1.807) is 6.20 Å². The number of H-pyrrole nitrogens is 1. The summed E-state index contributed by atoms with van der Waals surface area (Å²) in [7, 11) is 0. The molecule has 1 amide bonds. The Labute approximate surface area is 172 Å². The summed E-state index contributed by atoms with van der Waals surface area (Å²) in [6, 6.07) is 13.7. The fraction of sp³-hybridized carbons (Fsp3) is 0.261. The molecule has 3 N–H and O–H groups in total. The smallest absolute Gasteiger partial charge is 0.326 e. The number of hydrogen-bond acceptors (Lipinski definition) is 4. The Hall–Kier alpha value is -3.61. The van der Waals surface area contributed by atoms with E-state index in [0.29, 0.717) is 0 Å². The fourth-order valence-corrected chi connectivity index (χ4v) is 4.37. The van der Waals surface area contributed by atoms with E-state index in [2.05, 4.69) is 10.3 Å². The predicted molar refractivity (Wildman–Crippen MR) is 107 cm³/mol. The molecule has 2 aromatic carbocycles. The molecule has 0 unspecified atom stereocenters. The van der Waals surface area contributed by atoms with E-state index in [1.165, 1.54) is 0 Å². The Kier molecular flexibility index (Phi) is 5.03. The monoisotopic (exact) mass is 405 g/mol. The van der Waals surface area contributed by atoms with Crippen molar-refractivity contribution in [2.24, 2.45) is 5.41 Å². The molecule has 7 nitrogen and oxygen atoms in total. The lowest BCUT2D eigenvalue weighted by atomic mass is 9.80. The number of para-hydroxylation sites is 1. The van der Waals surface area contributed by atoms with Crippen LogP contribution in [-0.2, 0) is 33.6 Å². The first-order valence-corrected chi connectivity index (χ1v) is 9.73. The zero-order chi connectivity index (χ0) is 21.3. The molecule has 154 valence electrons. The number of carbonyl (C=O) groups excluding carboxylic acids is 2. The molecule has 1 atom stereocenters. The Morgan fingerprint density at radius 1 is 1.07 bits per heavy atom. The maximum atomic E-state index is 13.2. The topological polar surface area (TPSA) is 122 Å². The van der Waals surface area contributed by atoms with Crippen molar-refractivity contribution in [3.8, 4) is 0 Å². The minimum absolute atomic E-state index is 0.0828. The third-order valence-electron chi connectivity index (χ3n) is 5.84. The van der Waals surface area contributed by atoms with Gasteiger partial charge in [-0.1, -0.05) is 42.5 Å². The summed E-state index contributed by atoms with van der Waals surface area (Å²) in [4.78, 5) is 39.6. The first-order valence-electron chi connectivity index (χ1n) is 9.73. The maximum Gasteiger partial charge on any atom is 0.326 e. The van der Waals surface area contributed by atoms with Gasteiger partial charge in [0.2, 0.25) is 5.91 Å². The Bertz CT molecular complexity index is 1110. The molecule has 0 spiro atoms. The van der Waals surface area contributed by atoms with E-state index >= 15 is 0 Å². The van der Waals surface area contributed by atoms with Crippen LogP contribution in [0.2, 0.25) is 0 Å². The van der Waals surface area contributed by atoms with Crippen LogP contribution in [0.5, 0.6) is 0 Å². The molecule has 7 heteroatoms. The van der Waals surface area contributed by atoms with Gasteiger partial charge in [0.1, 0.15) is 6.04 Å². The van der Waals surface area contributed by atoms with Crippen LogP contribution >= 0.6 is 0 Å². The summed E-state index contributed by atoms with van der Waals surface area (Å²) in [6.45, 7) is 0. The molecule has 4 rings (SSSR count). The van der Waals surface area contributed by atoms with Crippen LogP contribution in [-0.4, -0.2) is 34.0 Å². The molecule has 0 fully saturated rings. The molecular weight excluding hydrogens is 384 g/mol. The van der Waals surface area contributed by atoms with E-state index in [1.807, 2.05) is 48.5 Å². The van der Waals surface area contributed by atoms with Gasteiger partial charge in [0, 0.05) is 35.9 Å². The number of aromatic amines is 1. The van der Waals surface area contributed by atoms with Crippen LogP contribution in [0.25, 0.3) is 10.9 Å². The molecule has 0 aliphatic heterocycles. The summed E-state index contributed by atoms with van der Waals surface area (Å²) in [6.07, 6.45) is 1.83. The van der Waals surface area contributed by atoms with Crippen molar-refractivity contribution in [1.82, 2.24) is 10.3 Å². The lowest BCUT2D eigenvalue weighted by molar-refractivity contribution is -0.307. The Balaban J connectivity index is 1.58. The minimum atomic E-state index is -1.33. The van der Waals surface area contributed by atoms with Gasteiger partial charge in [0.25, 0.3) is 0 Å². The summed E-state index contributed by atoms with van der Waals surface area (Å²) >= 11 is 0. The van der Waals surface area contributed by atoms with Gasteiger partial charge < -0.3 is 25.3 Å². The largest absolute Gasteiger partial charge is 0.550 e. The molecule has 1 aliphatic carbocycles. The van der Waals surface area contributed by atoms with Crippen LogP contribution in [0.4, 0.5) is 0 Å². The molecule has 30 heavy (non-hydrogen) atoms. The zero-order valence-corrected chi connectivity index (χ0v) is 16.2. The highest BCUT2D eigenvalue weighted by molar-refractivity contribution is 5.92. The molecule has 1 aliphatic rings. The number of carboxylic acids is 2. The van der Waals surface area contributed by atoms with Gasteiger partial charge in [-0.3, -0.25) is 4.79 Å². The number of aromatic nitrogens is 1. The highest BCUT2D eigenvalue weighted by atomic mass is 16.4. The number of amides is 1. The fourth-order valence-electron chi connectivity index (χ4n) is 4.37. The standard InChI is InChI=1S/C23H22N2O5/c26-20(27)12-23(10-14-5-1-2-6-15(14)11-23)22(30)25-19(21(28)29)9-16-13-24-18-8-4-3-7-17(16)18/h1-8,13,19,24H,9-12H2,(H,25,30)(H,26,27)(H,28,29)/p-1/t19-/m0/s1. The lowest BCUT2D eigenvalue weighted by Gasteiger charge is -2.30. The average Bonchev–Trinajstić information content (AvgIpc) is 3.28. The molecule has 0 saturated heterocycles. The zero-order valence-electron chi connectivity index (χ0n) is 16.2. The SMILES string of the molecule is O=C([O-])CC1(C(=O)N[C@@H](Cc2c[nH]c3ccccc23)C(=O)O)Cc2ccccc2C1. The van der Waals surface area contributed by atoms with E-state index in [9.17, 15) is 24.6 Å². The second-order valence-corrected chi connectivity index (χ2v) is 7.88. The van der Waals surface area contributed by atoms with Crippen LogP contribution in [0.3, 0.4) is 0 Å². The van der Waals surface area contributed by atoms with Crippen LogP contribution in [0.15, 0.2) is 54.7 Å². The Morgan fingerprint density at radius 2 is 1.70 bits per heavy atom. The molecule has 3 aromatic rings. The number of fused-ring (bicyclic) bond motifs is 2. The summed E-state index contributed by atoms with van der Waals surface area (Å²) in [5.74, 6) is -3.08. The van der Waals surface area contributed by atoms with Gasteiger partial charge >= 0.3 is 5.97 Å². The van der Waals surface area contributed by atoms with Crippen molar-refractivity contribution in [2.75, 3.05) is 0 Å². The third kappa shape index (κ3) is 3.66. The van der Waals surface area contributed by atoms with Crippen molar-refractivity contribution in [3.05, 3.63) is 71.4 Å². The van der Waals surface area contributed by atoms with Crippen molar-refractivity contribution in [2.45, 2.75) is 31.7 Å². The molecule has 0 saturated carbocycles. The summed E-state index contributed by atoms with van der Waals surface area (Å²) in [5, 5.41) is 24.6. The quantitative estimate of drug-likeness (QED) is 0.545. The second-order valence-electron chi connectivity index (χ2n) is 7.88. The minimum Gasteiger partial charge on any atom is -0.550 e.